The smallest absolute Gasteiger partial charge is 0.259 e. The van der Waals surface area contributed by atoms with E-state index < -0.39 is 0 Å². The molecule has 178 valence electrons. The Morgan fingerprint density at radius 3 is 2.68 bits per heavy atom. The van der Waals surface area contributed by atoms with Gasteiger partial charge in [0.25, 0.3) is 5.91 Å². The number of thiophene rings is 1. The number of fused-ring (bicyclic) bond motifs is 1. The molecule has 1 aliphatic rings. The normalized spacial score (nSPS) is 15.9. The second-order valence-electron chi connectivity index (χ2n) is 9.62. The maximum absolute atomic E-state index is 13.4. The second kappa shape index (κ2) is 9.80. The van der Waals surface area contributed by atoms with Gasteiger partial charge in [0.1, 0.15) is 5.00 Å². The largest absolute Gasteiger partial charge is 0.503 e. The first kappa shape index (κ1) is 24.3. The van der Waals surface area contributed by atoms with Gasteiger partial charge in [-0.05, 0) is 66.0 Å². The van der Waals surface area contributed by atoms with Gasteiger partial charge in [0.05, 0.1) is 17.7 Å². The van der Waals surface area contributed by atoms with Crippen molar-refractivity contribution in [1.82, 2.24) is 0 Å². The number of halogens is 1. The van der Waals surface area contributed by atoms with Crippen LogP contribution in [0, 0.1) is 11.3 Å². The van der Waals surface area contributed by atoms with Crippen LogP contribution in [0.4, 0.5) is 10.7 Å². The number of anilines is 1. The highest BCUT2D eigenvalue weighted by Crippen LogP contribution is 2.45. The first-order valence-corrected chi connectivity index (χ1v) is 12.5. The molecule has 3 aromatic rings. The SMILES string of the molecule is COc1cc(C=Nc2sc3c(c2C(=O)Nc2ccccc2)CC[C@H](C(C)(C)C)C3)cc(Cl)c1O. The van der Waals surface area contributed by atoms with Crippen LogP contribution in [0.2, 0.25) is 5.02 Å². The number of benzene rings is 2. The van der Waals surface area contributed by atoms with E-state index in [9.17, 15) is 9.90 Å². The molecule has 7 heteroatoms. The van der Waals surface area contributed by atoms with E-state index in [-0.39, 0.29) is 27.8 Å². The Kier molecular flexibility index (Phi) is 7.01. The molecule has 1 atom stereocenters. The van der Waals surface area contributed by atoms with Crippen LogP contribution in [0.25, 0.3) is 0 Å². The van der Waals surface area contributed by atoms with Crippen LogP contribution in [0.1, 0.15) is 53.6 Å². The molecule has 0 saturated heterocycles. The Hall–Kier alpha value is -2.83. The number of phenols is 1. The first-order chi connectivity index (χ1) is 16.2. The predicted octanol–water partition coefficient (Wildman–Crippen LogP) is 7.27. The number of rotatable bonds is 5. The van der Waals surface area contributed by atoms with Crippen molar-refractivity contribution in [2.24, 2.45) is 16.3 Å². The summed E-state index contributed by atoms with van der Waals surface area (Å²) in [7, 11) is 1.47. The van der Waals surface area contributed by atoms with E-state index in [1.165, 1.54) is 12.0 Å². The number of aromatic hydroxyl groups is 1. The van der Waals surface area contributed by atoms with E-state index in [1.54, 1.807) is 29.7 Å². The fourth-order valence-electron chi connectivity index (χ4n) is 4.31. The minimum atomic E-state index is -0.147. The van der Waals surface area contributed by atoms with Gasteiger partial charge in [-0.2, -0.15) is 0 Å². The van der Waals surface area contributed by atoms with Crippen molar-refractivity contribution in [3.8, 4) is 11.5 Å². The molecule has 4 rings (SSSR count). The fraction of sp³-hybridized carbons (Fsp3) is 0.333. The van der Waals surface area contributed by atoms with E-state index in [1.807, 2.05) is 30.3 Å². The van der Waals surface area contributed by atoms with Crippen molar-refractivity contribution < 1.29 is 14.6 Å². The van der Waals surface area contributed by atoms with E-state index in [2.05, 4.69) is 26.1 Å². The number of hydrogen-bond acceptors (Lipinski definition) is 5. The average Bonchev–Trinajstić information content (AvgIpc) is 3.17. The number of carbonyl (C=O) groups excluding carboxylic acids is 1. The first-order valence-electron chi connectivity index (χ1n) is 11.3. The molecule has 34 heavy (non-hydrogen) atoms. The minimum Gasteiger partial charge on any atom is -0.503 e. The van der Waals surface area contributed by atoms with Crippen LogP contribution in [-0.2, 0) is 12.8 Å². The summed E-state index contributed by atoms with van der Waals surface area (Å²) in [5.74, 6) is 0.575. The van der Waals surface area contributed by atoms with Gasteiger partial charge in [0, 0.05) is 16.8 Å². The fourth-order valence-corrected chi connectivity index (χ4v) is 5.80. The molecule has 0 saturated carbocycles. The molecule has 0 fully saturated rings. The Morgan fingerprint density at radius 2 is 2.00 bits per heavy atom. The van der Waals surface area contributed by atoms with E-state index in [0.29, 0.717) is 22.0 Å². The number of phenolic OH excluding ortho intramolecular Hbond substituents is 1. The lowest BCUT2D eigenvalue weighted by molar-refractivity contribution is 0.102. The van der Waals surface area contributed by atoms with Gasteiger partial charge in [-0.15, -0.1) is 11.3 Å². The number of nitrogens with one attached hydrogen (secondary N) is 1. The van der Waals surface area contributed by atoms with Gasteiger partial charge in [-0.1, -0.05) is 50.6 Å². The third-order valence-corrected chi connectivity index (χ3v) is 7.78. The number of hydrogen-bond donors (Lipinski definition) is 2. The standard InChI is InChI=1S/C27H29ClN2O3S/c1-27(2,3)17-10-11-19-22(14-17)34-26(23(19)25(32)30-18-8-6-5-7-9-18)29-15-16-12-20(28)24(31)21(13-16)33-4/h5-9,12-13,15,17,31H,10-11,14H2,1-4H3,(H,30,32)/t17-/m0/s1. The van der Waals surface area contributed by atoms with Gasteiger partial charge in [-0.3, -0.25) is 4.79 Å². The highest BCUT2D eigenvalue weighted by molar-refractivity contribution is 7.16. The second-order valence-corrected chi connectivity index (χ2v) is 11.1. The highest BCUT2D eigenvalue weighted by atomic mass is 35.5. The monoisotopic (exact) mass is 496 g/mol. The lowest BCUT2D eigenvalue weighted by Crippen LogP contribution is -2.27. The van der Waals surface area contributed by atoms with Gasteiger partial charge < -0.3 is 15.2 Å². The topological polar surface area (TPSA) is 70.9 Å². The zero-order valence-electron chi connectivity index (χ0n) is 19.8. The van der Waals surface area contributed by atoms with Gasteiger partial charge in [0.15, 0.2) is 11.5 Å². The number of carbonyl (C=O) groups is 1. The number of amides is 1. The summed E-state index contributed by atoms with van der Waals surface area (Å²) in [5, 5.41) is 13.9. The van der Waals surface area contributed by atoms with Gasteiger partial charge in [0.2, 0.25) is 0 Å². The van der Waals surface area contributed by atoms with E-state index in [4.69, 9.17) is 21.3 Å². The Labute approximate surface area is 209 Å². The minimum absolute atomic E-state index is 0.107. The zero-order valence-corrected chi connectivity index (χ0v) is 21.4. The summed E-state index contributed by atoms with van der Waals surface area (Å²) in [5.41, 5.74) is 3.38. The molecular weight excluding hydrogens is 468 g/mol. The number of ether oxygens (including phenoxy) is 1. The maximum Gasteiger partial charge on any atom is 0.259 e. The molecule has 2 N–H and O–H groups in total. The van der Waals surface area contributed by atoms with Crippen LogP contribution >= 0.6 is 22.9 Å². The molecule has 0 radical (unpaired) electrons. The molecule has 0 bridgehead atoms. The summed E-state index contributed by atoms with van der Waals surface area (Å²) in [6.07, 6.45) is 4.52. The molecule has 1 aliphatic carbocycles. The summed E-state index contributed by atoms with van der Waals surface area (Å²) in [6, 6.07) is 12.7. The summed E-state index contributed by atoms with van der Waals surface area (Å²) >= 11 is 7.72. The van der Waals surface area contributed by atoms with Crippen molar-refractivity contribution in [2.75, 3.05) is 12.4 Å². The summed E-state index contributed by atoms with van der Waals surface area (Å²) in [6.45, 7) is 6.83. The van der Waals surface area contributed by atoms with Crippen molar-refractivity contribution in [3.63, 3.8) is 0 Å². The van der Waals surface area contributed by atoms with Crippen molar-refractivity contribution >= 4 is 45.7 Å². The molecule has 1 aromatic heterocycles. The number of aliphatic imine (C=N–C) groups is 1. The van der Waals surface area contributed by atoms with Gasteiger partial charge in [-0.25, -0.2) is 4.99 Å². The van der Waals surface area contributed by atoms with E-state index >= 15 is 0 Å². The average molecular weight is 497 g/mol. The molecule has 5 nitrogen and oxygen atoms in total. The van der Waals surface area contributed by atoms with Crippen molar-refractivity contribution in [2.45, 2.75) is 40.0 Å². The van der Waals surface area contributed by atoms with Crippen LogP contribution in [0.5, 0.6) is 11.5 Å². The van der Waals surface area contributed by atoms with Crippen LogP contribution < -0.4 is 10.1 Å². The molecule has 0 aliphatic heterocycles. The lowest BCUT2D eigenvalue weighted by atomic mass is 9.72. The zero-order chi connectivity index (χ0) is 24.5. The van der Waals surface area contributed by atoms with Crippen LogP contribution in [0.15, 0.2) is 47.5 Å². The number of nitrogens with zero attached hydrogens (tertiary/aromatic N) is 1. The molecular formula is C27H29ClN2O3S. The highest BCUT2D eigenvalue weighted by Gasteiger charge is 2.33. The molecule has 0 spiro atoms. The van der Waals surface area contributed by atoms with Gasteiger partial charge >= 0.3 is 0 Å². The molecule has 0 unspecified atom stereocenters. The Bertz CT molecular complexity index is 1230. The maximum atomic E-state index is 13.4. The third kappa shape index (κ3) is 5.13. The molecule has 1 heterocycles. The Morgan fingerprint density at radius 1 is 1.26 bits per heavy atom. The summed E-state index contributed by atoms with van der Waals surface area (Å²) in [4.78, 5) is 19.4. The van der Waals surface area contributed by atoms with Crippen molar-refractivity contribution in [3.05, 3.63) is 69.1 Å². The molecule has 2 aromatic carbocycles. The number of methoxy groups -OCH3 is 1. The molecule has 1 amide bonds. The Balaban J connectivity index is 1.72. The quantitative estimate of drug-likeness (QED) is 0.365. The third-order valence-electron chi connectivity index (χ3n) is 6.33. The van der Waals surface area contributed by atoms with E-state index in [0.717, 1.165) is 30.5 Å². The summed E-state index contributed by atoms with van der Waals surface area (Å²) < 4.78 is 5.20. The predicted molar refractivity (Wildman–Crippen MR) is 141 cm³/mol. The van der Waals surface area contributed by atoms with Crippen molar-refractivity contribution in [1.29, 1.82) is 0 Å². The lowest BCUT2D eigenvalue weighted by Gasteiger charge is -2.33. The van der Waals surface area contributed by atoms with Crippen LogP contribution in [-0.4, -0.2) is 24.3 Å². The number of para-hydroxylation sites is 1. The van der Waals surface area contributed by atoms with Crippen LogP contribution in [0.3, 0.4) is 0 Å².